The molecular weight excluding hydrogens is 214 g/mol. The molecule has 2 rings (SSSR count). The number of hydrogen-bond donors (Lipinski definition) is 1. The molecule has 1 unspecified atom stereocenters. The maximum absolute atomic E-state index is 5.60. The van der Waals surface area contributed by atoms with E-state index in [0.29, 0.717) is 6.61 Å². The van der Waals surface area contributed by atoms with E-state index < -0.39 is 0 Å². The minimum absolute atomic E-state index is 0.185. The molecule has 0 saturated carbocycles. The molecule has 1 aromatic carbocycles. The van der Waals surface area contributed by atoms with Gasteiger partial charge in [0.1, 0.15) is 5.58 Å². The zero-order valence-corrected chi connectivity index (χ0v) is 10.4. The molecule has 1 atom stereocenters. The summed E-state index contributed by atoms with van der Waals surface area (Å²) >= 11 is 0. The summed E-state index contributed by atoms with van der Waals surface area (Å²) in [4.78, 5) is 0. The summed E-state index contributed by atoms with van der Waals surface area (Å²) < 4.78 is 11.1. The third kappa shape index (κ3) is 2.68. The van der Waals surface area contributed by atoms with Gasteiger partial charge in [-0.25, -0.2) is 0 Å². The Bertz CT molecular complexity index is 464. The highest BCUT2D eigenvalue weighted by Gasteiger charge is 2.15. The molecule has 0 amide bonds. The van der Waals surface area contributed by atoms with Crippen LogP contribution in [0.25, 0.3) is 11.0 Å². The van der Waals surface area contributed by atoms with Crippen LogP contribution in [0.1, 0.15) is 24.9 Å². The molecule has 0 bridgehead atoms. The van der Waals surface area contributed by atoms with Crippen LogP contribution < -0.4 is 5.32 Å². The highest BCUT2D eigenvalue weighted by molar-refractivity contribution is 5.81. The standard InChI is InChI=1S/C14H19NO2/c1-3-8-16-10-13(15-2)12-9-17-14-7-5-4-6-11(12)14/h4-7,9,13,15H,3,8,10H2,1-2H3. The lowest BCUT2D eigenvalue weighted by atomic mass is 10.1. The molecule has 0 saturated heterocycles. The molecule has 17 heavy (non-hydrogen) atoms. The van der Waals surface area contributed by atoms with E-state index in [9.17, 15) is 0 Å². The summed E-state index contributed by atoms with van der Waals surface area (Å²) in [6, 6.07) is 8.26. The molecule has 2 aromatic rings. The van der Waals surface area contributed by atoms with E-state index in [4.69, 9.17) is 9.15 Å². The van der Waals surface area contributed by atoms with E-state index >= 15 is 0 Å². The molecule has 0 aliphatic carbocycles. The number of nitrogens with one attached hydrogen (secondary N) is 1. The van der Waals surface area contributed by atoms with Gasteiger partial charge in [-0.15, -0.1) is 0 Å². The topological polar surface area (TPSA) is 34.4 Å². The lowest BCUT2D eigenvalue weighted by Gasteiger charge is -2.15. The molecule has 92 valence electrons. The minimum Gasteiger partial charge on any atom is -0.464 e. The number of furan rings is 1. The molecule has 0 fully saturated rings. The van der Waals surface area contributed by atoms with Crippen molar-refractivity contribution in [2.24, 2.45) is 0 Å². The molecule has 0 radical (unpaired) electrons. The Morgan fingerprint density at radius 3 is 2.94 bits per heavy atom. The van der Waals surface area contributed by atoms with Crippen LogP contribution in [0, 0.1) is 0 Å². The first-order chi connectivity index (χ1) is 8.36. The second-order valence-electron chi connectivity index (χ2n) is 4.10. The van der Waals surface area contributed by atoms with Crippen LogP contribution in [0.4, 0.5) is 0 Å². The van der Waals surface area contributed by atoms with E-state index in [-0.39, 0.29) is 6.04 Å². The normalized spacial score (nSPS) is 13.1. The third-order valence-corrected chi connectivity index (χ3v) is 2.87. The Morgan fingerprint density at radius 2 is 2.18 bits per heavy atom. The summed E-state index contributed by atoms with van der Waals surface area (Å²) in [7, 11) is 1.95. The van der Waals surface area contributed by atoms with Gasteiger partial charge in [-0.05, 0) is 19.5 Å². The van der Waals surface area contributed by atoms with Gasteiger partial charge in [-0.2, -0.15) is 0 Å². The van der Waals surface area contributed by atoms with Crippen molar-refractivity contribution >= 4 is 11.0 Å². The third-order valence-electron chi connectivity index (χ3n) is 2.87. The van der Waals surface area contributed by atoms with E-state index in [2.05, 4.69) is 18.3 Å². The van der Waals surface area contributed by atoms with Gasteiger partial charge in [0.15, 0.2) is 0 Å². The fraction of sp³-hybridized carbons (Fsp3) is 0.429. The largest absolute Gasteiger partial charge is 0.464 e. The van der Waals surface area contributed by atoms with Gasteiger partial charge < -0.3 is 14.5 Å². The molecule has 3 nitrogen and oxygen atoms in total. The molecular formula is C14H19NO2. The fourth-order valence-corrected chi connectivity index (χ4v) is 1.94. The highest BCUT2D eigenvalue weighted by Crippen LogP contribution is 2.26. The van der Waals surface area contributed by atoms with Crippen LogP contribution in [0.15, 0.2) is 34.9 Å². The number of ether oxygens (including phenoxy) is 1. The predicted octanol–water partition coefficient (Wildman–Crippen LogP) is 3.12. The van der Waals surface area contributed by atoms with Crippen LogP contribution in [-0.2, 0) is 4.74 Å². The first-order valence-corrected chi connectivity index (χ1v) is 6.08. The van der Waals surface area contributed by atoms with Crippen molar-refractivity contribution in [3.8, 4) is 0 Å². The van der Waals surface area contributed by atoms with E-state index in [1.165, 1.54) is 5.56 Å². The molecule has 0 aliphatic heterocycles. The summed E-state index contributed by atoms with van der Waals surface area (Å²) in [5.74, 6) is 0. The predicted molar refractivity (Wildman–Crippen MR) is 69.1 cm³/mol. The molecule has 1 N–H and O–H groups in total. The molecule has 3 heteroatoms. The maximum atomic E-state index is 5.60. The second-order valence-corrected chi connectivity index (χ2v) is 4.10. The number of rotatable bonds is 6. The Kier molecular flexibility index (Phi) is 4.18. The van der Waals surface area contributed by atoms with Crippen molar-refractivity contribution in [1.29, 1.82) is 0 Å². The van der Waals surface area contributed by atoms with E-state index in [0.717, 1.165) is 24.0 Å². The van der Waals surface area contributed by atoms with Gasteiger partial charge in [0, 0.05) is 17.6 Å². The van der Waals surface area contributed by atoms with Crippen molar-refractivity contribution < 1.29 is 9.15 Å². The van der Waals surface area contributed by atoms with Crippen LogP contribution in [0.3, 0.4) is 0 Å². The number of benzene rings is 1. The lowest BCUT2D eigenvalue weighted by molar-refractivity contribution is 0.114. The van der Waals surface area contributed by atoms with Crippen molar-refractivity contribution in [3.63, 3.8) is 0 Å². The number of hydrogen-bond acceptors (Lipinski definition) is 3. The first kappa shape index (κ1) is 12.1. The summed E-state index contributed by atoms with van der Waals surface area (Å²) in [5.41, 5.74) is 2.09. The number of para-hydroxylation sites is 1. The van der Waals surface area contributed by atoms with Crippen LogP contribution in [0.2, 0.25) is 0 Å². The quantitative estimate of drug-likeness (QED) is 0.778. The second kappa shape index (κ2) is 5.84. The van der Waals surface area contributed by atoms with E-state index in [1.54, 1.807) is 0 Å². The molecule has 1 heterocycles. The highest BCUT2D eigenvalue weighted by atomic mass is 16.5. The monoisotopic (exact) mass is 233 g/mol. The summed E-state index contributed by atoms with van der Waals surface area (Å²) in [6.07, 6.45) is 2.86. The average Bonchev–Trinajstić information content (AvgIpc) is 2.79. The smallest absolute Gasteiger partial charge is 0.134 e. The van der Waals surface area contributed by atoms with Crippen LogP contribution >= 0.6 is 0 Å². The van der Waals surface area contributed by atoms with E-state index in [1.807, 2.05) is 31.5 Å². The van der Waals surface area contributed by atoms with Crippen LogP contribution in [-0.4, -0.2) is 20.3 Å². The first-order valence-electron chi connectivity index (χ1n) is 6.08. The Labute approximate surface area is 102 Å². The van der Waals surface area contributed by atoms with Gasteiger partial charge >= 0.3 is 0 Å². The Balaban J connectivity index is 2.18. The maximum Gasteiger partial charge on any atom is 0.134 e. The van der Waals surface area contributed by atoms with Gasteiger partial charge in [0.25, 0.3) is 0 Å². The molecule has 0 spiro atoms. The summed E-state index contributed by atoms with van der Waals surface area (Å²) in [5, 5.41) is 4.43. The number of fused-ring (bicyclic) bond motifs is 1. The Hall–Kier alpha value is -1.32. The van der Waals surface area contributed by atoms with Gasteiger partial charge in [0.2, 0.25) is 0 Å². The summed E-state index contributed by atoms with van der Waals surface area (Å²) in [6.45, 7) is 3.59. The van der Waals surface area contributed by atoms with Crippen molar-refractivity contribution in [1.82, 2.24) is 5.32 Å². The molecule has 0 aliphatic rings. The van der Waals surface area contributed by atoms with Gasteiger partial charge in [0.05, 0.1) is 18.9 Å². The zero-order chi connectivity index (χ0) is 12.1. The fourth-order valence-electron chi connectivity index (χ4n) is 1.94. The van der Waals surface area contributed by atoms with Crippen molar-refractivity contribution in [2.45, 2.75) is 19.4 Å². The molecule has 1 aromatic heterocycles. The lowest BCUT2D eigenvalue weighted by Crippen LogP contribution is -2.21. The van der Waals surface area contributed by atoms with Gasteiger partial charge in [-0.1, -0.05) is 25.1 Å². The SMILES string of the molecule is CCCOCC(NC)c1coc2ccccc12. The number of likely N-dealkylation sites (N-methyl/N-ethyl adjacent to an activating group) is 1. The zero-order valence-electron chi connectivity index (χ0n) is 10.4. The van der Waals surface area contributed by atoms with Crippen LogP contribution in [0.5, 0.6) is 0 Å². The minimum atomic E-state index is 0.185. The average molecular weight is 233 g/mol. The van der Waals surface area contributed by atoms with Gasteiger partial charge in [-0.3, -0.25) is 0 Å². The van der Waals surface area contributed by atoms with Crippen molar-refractivity contribution in [3.05, 3.63) is 36.1 Å². The Morgan fingerprint density at radius 1 is 1.35 bits per heavy atom. The van der Waals surface area contributed by atoms with Crippen molar-refractivity contribution in [2.75, 3.05) is 20.3 Å².